The zero-order valence-corrected chi connectivity index (χ0v) is 13.4. The largest absolute Gasteiger partial charge is 0.415 e. The molecule has 1 saturated carbocycles. The van der Waals surface area contributed by atoms with E-state index < -0.39 is 0 Å². The molecule has 2 fully saturated rings. The molecular formula is C18H24N2O3. The molecule has 1 aliphatic carbocycles. The van der Waals surface area contributed by atoms with Gasteiger partial charge in [-0.2, -0.15) is 0 Å². The predicted molar refractivity (Wildman–Crippen MR) is 87.2 cm³/mol. The van der Waals surface area contributed by atoms with Crippen LogP contribution in [0.1, 0.15) is 32.1 Å². The Morgan fingerprint density at radius 3 is 2.13 bits per heavy atom. The number of hydrogen-bond acceptors (Lipinski definition) is 3. The van der Waals surface area contributed by atoms with Gasteiger partial charge < -0.3 is 14.5 Å². The lowest BCUT2D eigenvalue weighted by atomic mass is 9.88. The van der Waals surface area contributed by atoms with Gasteiger partial charge in [0.25, 0.3) is 0 Å². The molecule has 2 amide bonds. The Morgan fingerprint density at radius 2 is 1.48 bits per heavy atom. The number of nitrogens with zero attached hydrogens (tertiary/aromatic N) is 2. The van der Waals surface area contributed by atoms with E-state index in [0.717, 1.165) is 12.8 Å². The van der Waals surface area contributed by atoms with Crippen molar-refractivity contribution in [2.75, 3.05) is 26.2 Å². The molecule has 5 heteroatoms. The van der Waals surface area contributed by atoms with E-state index in [4.69, 9.17) is 4.74 Å². The van der Waals surface area contributed by atoms with E-state index in [1.54, 1.807) is 17.0 Å². The molecule has 1 saturated heterocycles. The summed E-state index contributed by atoms with van der Waals surface area (Å²) in [4.78, 5) is 28.3. The SMILES string of the molecule is O=C(Oc1ccccc1)N1CCN(C(=O)C2CCCCC2)CC1. The van der Waals surface area contributed by atoms with Crippen LogP contribution in [-0.4, -0.2) is 48.0 Å². The maximum absolute atomic E-state index is 12.5. The van der Waals surface area contributed by atoms with Gasteiger partial charge in [0.2, 0.25) is 5.91 Å². The van der Waals surface area contributed by atoms with Crippen molar-refractivity contribution < 1.29 is 14.3 Å². The van der Waals surface area contributed by atoms with Gasteiger partial charge in [-0.25, -0.2) is 4.79 Å². The van der Waals surface area contributed by atoms with Crippen LogP contribution in [0.5, 0.6) is 5.75 Å². The third kappa shape index (κ3) is 4.03. The maximum Gasteiger partial charge on any atom is 0.415 e. The average molecular weight is 316 g/mol. The van der Waals surface area contributed by atoms with Crippen molar-refractivity contribution in [2.24, 2.45) is 5.92 Å². The first-order valence-corrected chi connectivity index (χ1v) is 8.54. The molecule has 0 radical (unpaired) electrons. The minimum Gasteiger partial charge on any atom is -0.410 e. The van der Waals surface area contributed by atoms with E-state index in [-0.39, 0.29) is 17.9 Å². The molecule has 1 aromatic rings. The zero-order valence-electron chi connectivity index (χ0n) is 13.4. The topological polar surface area (TPSA) is 49.9 Å². The van der Waals surface area contributed by atoms with Crippen molar-refractivity contribution >= 4 is 12.0 Å². The van der Waals surface area contributed by atoms with E-state index in [1.165, 1.54) is 19.3 Å². The van der Waals surface area contributed by atoms with Crippen LogP contribution in [0.4, 0.5) is 4.79 Å². The fourth-order valence-electron chi connectivity index (χ4n) is 3.37. The molecule has 0 atom stereocenters. The molecule has 3 rings (SSSR count). The Balaban J connectivity index is 1.48. The summed E-state index contributed by atoms with van der Waals surface area (Å²) in [6.45, 7) is 2.31. The molecule has 1 aromatic carbocycles. The molecule has 0 unspecified atom stereocenters. The Kier molecular flexibility index (Phi) is 5.16. The first-order valence-electron chi connectivity index (χ1n) is 8.54. The van der Waals surface area contributed by atoms with Gasteiger partial charge in [-0.15, -0.1) is 0 Å². The number of rotatable bonds is 2. The van der Waals surface area contributed by atoms with Crippen LogP contribution in [-0.2, 0) is 4.79 Å². The standard InChI is InChI=1S/C18H24N2O3/c21-17(15-7-3-1-4-8-15)19-11-13-20(14-12-19)18(22)23-16-9-5-2-6-10-16/h2,5-6,9-10,15H,1,3-4,7-8,11-14H2. The number of para-hydroxylation sites is 1. The minimum absolute atomic E-state index is 0.201. The van der Waals surface area contributed by atoms with E-state index >= 15 is 0 Å². The van der Waals surface area contributed by atoms with Crippen molar-refractivity contribution in [3.8, 4) is 5.75 Å². The lowest BCUT2D eigenvalue weighted by molar-refractivity contribution is -0.138. The average Bonchev–Trinajstić information content (AvgIpc) is 2.63. The van der Waals surface area contributed by atoms with Crippen LogP contribution in [0, 0.1) is 5.92 Å². The monoisotopic (exact) mass is 316 g/mol. The van der Waals surface area contributed by atoms with E-state index in [0.29, 0.717) is 31.9 Å². The van der Waals surface area contributed by atoms with Gasteiger partial charge >= 0.3 is 6.09 Å². The zero-order chi connectivity index (χ0) is 16.1. The van der Waals surface area contributed by atoms with Crippen LogP contribution in [0.15, 0.2) is 30.3 Å². The number of ether oxygens (including phenoxy) is 1. The second-order valence-corrected chi connectivity index (χ2v) is 6.33. The smallest absolute Gasteiger partial charge is 0.410 e. The molecule has 124 valence electrons. The quantitative estimate of drug-likeness (QED) is 0.843. The van der Waals surface area contributed by atoms with Crippen molar-refractivity contribution in [1.82, 2.24) is 9.80 Å². The summed E-state index contributed by atoms with van der Waals surface area (Å²) in [5, 5.41) is 0. The summed E-state index contributed by atoms with van der Waals surface area (Å²) in [7, 11) is 0. The first kappa shape index (κ1) is 15.8. The van der Waals surface area contributed by atoms with Crippen molar-refractivity contribution in [3.63, 3.8) is 0 Å². The van der Waals surface area contributed by atoms with Crippen LogP contribution in [0.3, 0.4) is 0 Å². The molecule has 0 spiro atoms. The molecule has 5 nitrogen and oxygen atoms in total. The van der Waals surface area contributed by atoms with E-state index in [2.05, 4.69) is 0 Å². The Labute approximate surface area is 137 Å². The molecule has 0 aromatic heterocycles. The van der Waals surface area contributed by atoms with Gasteiger partial charge in [-0.3, -0.25) is 4.79 Å². The van der Waals surface area contributed by atoms with Gasteiger partial charge in [0.1, 0.15) is 5.75 Å². The van der Waals surface area contributed by atoms with Crippen LogP contribution < -0.4 is 4.74 Å². The number of benzene rings is 1. The lowest BCUT2D eigenvalue weighted by Gasteiger charge is -2.36. The highest BCUT2D eigenvalue weighted by Crippen LogP contribution is 2.25. The third-order valence-corrected chi connectivity index (χ3v) is 4.75. The van der Waals surface area contributed by atoms with E-state index in [9.17, 15) is 9.59 Å². The second-order valence-electron chi connectivity index (χ2n) is 6.33. The van der Waals surface area contributed by atoms with Crippen LogP contribution >= 0.6 is 0 Å². The van der Waals surface area contributed by atoms with Gasteiger partial charge in [-0.05, 0) is 25.0 Å². The summed E-state index contributed by atoms with van der Waals surface area (Å²) in [5.74, 6) is 1.03. The summed E-state index contributed by atoms with van der Waals surface area (Å²) in [6, 6.07) is 9.08. The number of amides is 2. The first-order chi connectivity index (χ1) is 11.2. The molecular weight excluding hydrogens is 292 g/mol. The highest BCUT2D eigenvalue weighted by Gasteiger charge is 2.30. The molecule has 1 heterocycles. The number of piperazine rings is 1. The normalized spacial score (nSPS) is 19.5. The van der Waals surface area contributed by atoms with Gasteiger partial charge in [0.15, 0.2) is 0 Å². The summed E-state index contributed by atoms with van der Waals surface area (Å²) in [5.41, 5.74) is 0. The summed E-state index contributed by atoms with van der Waals surface area (Å²) < 4.78 is 5.35. The third-order valence-electron chi connectivity index (χ3n) is 4.75. The number of carbonyl (C=O) groups is 2. The fourth-order valence-corrected chi connectivity index (χ4v) is 3.37. The number of carbonyl (C=O) groups excluding carboxylic acids is 2. The molecule has 0 bridgehead atoms. The van der Waals surface area contributed by atoms with E-state index in [1.807, 2.05) is 23.1 Å². The van der Waals surface area contributed by atoms with Gasteiger partial charge in [0, 0.05) is 32.1 Å². The Hall–Kier alpha value is -2.04. The summed E-state index contributed by atoms with van der Waals surface area (Å²) in [6.07, 6.45) is 5.30. The summed E-state index contributed by atoms with van der Waals surface area (Å²) >= 11 is 0. The maximum atomic E-state index is 12.5. The second kappa shape index (κ2) is 7.49. The molecule has 23 heavy (non-hydrogen) atoms. The lowest BCUT2D eigenvalue weighted by Crippen LogP contribution is -2.52. The van der Waals surface area contributed by atoms with Crippen LogP contribution in [0.2, 0.25) is 0 Å². The predicted octanol–water partition coefficient (Wildman–Crippen LogP) is 2.91. The number of hydrogen-bond donors (Lipinski definition) is 0. The Bertz CT molecular complexity index is 532. The van der Waals surface area contributed by atoms with Gasteiger partial charge in [0.05, 0.1) is 0 Å². The fraction of sp³-hybridized carbons (Fsp3) is 0.556. The Morgan fingerprint density at radius 1 is 0.870 bits per heavy atom. The van der Waals surface area contributed by atoms with Gasteiger partial charge in [-0.1, -0.05) is 37.5 Å². The molecule has 1 aliphatic heterocycles. The molecule has 2 aliphatic rings. The van der Waals surface area contributed by atoms with Crippen LogP contribution in [0.25, 0.3) is 0 Å². The van der Waals surface area contributed by atoms with Crippen molar-refractivity contribution in [3.05, 3.63) is 30.3 Å². The highest BCUT2D eigenvalue weighted by molar-refractivity contribution is 5.79. The minimum atomic E-state index is -0.332. The molecule has 0 N–H and O–H groups in total. The van der Waals surface area contributed by atoms with Crippen molar-refractivity contribution in [1.29, 1.82) is 0 Å². The van der Waals surface area contributed by atoms with Crippen molar-refractivity contribution in [2.45, 2.75) is 32.1 Å². The highest BCUT2D eigenvalue weighted by atomic mass is 16.6.